The Hall–Kier alpha value is -2.47. The van der Waals surface area contributed by atoms with Gasteiger partial charge in [-0.1, -0.05) is 30.4 Å². The van der Waals surface area contributed by atoms with Gasteiger partial charge in [0.25, 0.3) is 5.91 Å². The molecule has 6 heteroatoms. The highest BCUT2D eigenvalue weighted by atomic mass is 32.1. The molecule has 0 saturated heterocycles. The van der Waals surface area contributed by atoms with Gasteiger partial charge < -0.3 is 10.6 Å². The molecule has 0 aliphatic heterocycles. The van der Waals surface area contributed by atoms with Crippen molar-refractivity contribution < 1.29 is 4.79 Å². The van der Waals surface area contributed by atoms with Crippen molar-refractivity contribution in [3.63, 3.8) is 0 Å². The van der Waals surface area contributed by atoms with E-state index in [0.29, 0.717) is 29.1 Å². The topological polar surface area (TPSA) is 66.9 Å². The van der Waals surface area contributed by atoms with E-state index in [1.165, 1.54) is 11.3 Å². The average molecular weight is 312 g/mol. The van der Waals surface area contributed by atoms with Gasteiger partial charge in [0.15, 0.2) is 5.13 Å². The quantitative estimate of drug-likeness (QED) is 0.890. The molecule has 0 spiro atoms. The number of nitrogens with zero attached hydrogens (tertiary/aromatic N) is 2. The lowest BCUT2D eigenvalue weighted by Gasteiger charge is -2.13. The van der Waals surface area contributed by atoms with E-state index in [4.69, 9.17) is 0 Å². The Balaban J connectivity index is 1.55. The minimum absolute atomic E-state index is 0.145. The molecular formula is C16H16N4OS. The summed E-state index contributed by atoms with van der Waals surface area (Å²) in [7, 11) is 0. The summed E-state index contributed by atoms with van der Waals surface area (Å²) in [5.41, 5.74) is 0.429. The van der Waals surface area contributed by atoms with Crippen LogP contribution in [-0.4, -0.2) is 22.4 Å². The molecule has 5 nitrogen and oxygen atoms in total. The first kappa shape index (κ1) is 14.5. The van der Waals surface area contributed by atoms with Crippen LogP contribution in [-0.2, 0) is 0 Å². The van der Waals surface area contributed by atoms with E-state index in [1.807, 2.05) is 30.4 Å². The zero-order chi connectivity index (χ0) is 15.2. The summed E-state index contributed by atoms with van der Waals surface area (Å²) in [6.07, 6.45) is 10.9. The smallest absolute Gasteiger partial charge is 0.270 e. The molecule has 3 rings (SSSR count). The molecule has 0 fully saturated rings. The van der Waals surface area contributed by atoms with Gasteiger partial charge in [0.1, 0.15) is 11.5 Å². The highest BCUT2D eigenvalue weighted by Gasteiger charge is 2.13. The van der Waals surface area contributed by atoms with Gasteiger partial charge in [-0.15, -0.1) is 11.3 Å². The van der Waals surface area contributed by atoms with Crippen molar-refractivity contribution >= 4 is 28.2 Å². The lowest BCUT2D eigenvalue weighted by molar-refractivity contribution is 0.0945. The average Bonchev–Trinajstić information content (AvgIpc) is 3.03. The predicted octanol–water partition coefficient (Wildman–Crippen LogP) is 3.14. The van der Waals surface area contributed by atoms with Crippen LogP contribution in [0, 0.1) is 5.92 Å². The van der Waals surface area contributed by atoms with Gasteiger partial charge in [-0.3, -0.25) is 4.79 Å². The van der Waals surface area contributed by atoms with E-state index in [0.717, 1.165) is 6.42 Å². The minimum atomic E-state index is -0.145. The van der Waals surface area contributed by atoms with Crippen LogP contribution in [0.4, 0.5) is 10.9 Å². The van der Waals surface area contributed by atoms with E-state index >= 15 is 0 Å². The van der Waals surface area contributed by atoms with Gasteiger partial charge in [-0.05, 0) is 24.5 Å². The van der Waals surface area contributed by atoms with Crippen LogP contribution in [0.5, 0.6) is 0 Å². The Bertz CT molecular complexity index is 693. The molecular weight excluding hydrogens is 296 g/mol. The number of aromatic nitrogens is 2. The van der Waals surface area contributed by atoms with Crippen molar-refractivity contribution in [2.45, 2.75) is 6.42 Å². The summed E-state index contributed by atoms with van der Waals surface area (Å²) in [5, 5.41) is 8.41. The van der Waals surface area contributed by atoms with E-state index < -0.39 is 0 Å². The number of carbonyl (C=O) groups is 1. The third-order valence-corrected chi connectivity index (χ3v) is 3.99. The molecule has 2 aromatic heterocycles. The third kappa shape index (κ3) is 3.79. The van der Waals surface area contributed by atoms with Crippen molar-refractivity contribution in [3.05, 3.63) is 59.8 Å². The number of nitrogens with one attached hydrogen (secondary N) is 2. The number of rotatable bonds is 5. The van der Waals surface area contributed by atoms with Gasteiger partial charge in [-0.25, -0.2) is 9.97 Å². The molecule has 0 saturated carbocycles. The van der Waals surface area contributed by atoms with Gasteiger partial charge >= 0.3 is 0 Å². The molecule has 2 heterocycles. The molecule has 0 bridgehead atoms. The van der Waals surface area contributed by atoms with Crippen molar-refractivity contribution in [1.82, 2.24) is 15.3 Å². The van der Waals surface area contributed by atoms with Gasteiger partial charge in [0.2, 0.25) is 0 Å². The number of hydrogen-bond donors (Lipinski definition) is 2. The second-order valence-corrected chi connectivity index (χ2v) is 5.75. The van der Waals surface area contributed by atoms with Gasteiger partial charge in [-0.2, -0.15) is 0 Å². The van der Waals surface area contributed by atoms with Crippen LogP contribution in [0.15, 0.2) is 54.1 Å². The summed E-state index contributed by atoms with van der Waals surface area (Å²) in [6.45, 7) is 0.625. The van der Waals surface area contributed by atoms with Crippen molar-refractivity contribution in [1.29, 1.82) is 0 Å². The van der Waals surface area contributed by atoms with Crippen molar-refractivity contribution in [3.8, 4) is 0 Å². The SMILES string of the molecule is O=C(NCC1C=CC=CC1)c1csc(Nc2ccccn2)n1. The second kappa shape index (κ2) is 7.00. The fourth-order valence-corrected chi connectivity index (χ4v) is 2.78. The number of carbonyl (C=O) groups excluding carboxylic acids is 1. The maximum atomic E-state index is 12.1. The molecule has 0 aromatic carbocycles. The molecule has 0 radical (unpaired) electrons. The molecule has 1 aliphatic rings. The molecule has 1 unspecified atom stereocenters. The number of hydrogen-bond acceptors (Lipinski definition) is 5. The van der Waals surface area contributed by atoms with E-state index in [1.54, 1.807) is 11.6 Å². The molecule has 1 aliphatic carbocycles. The second-order valence-electron chi connectivity index (χ2n) is 4.90. The number of anilines is 2. The molecule has 112 valence electrons. The highest BCUT2D eigenvalue weighted by Crippen LogP contribution is 2.19. The fourth-order valence-electron chi connectivity index (χ4n) is 2.08. The molecule has 2 aromatic rings. The Morgan fingerprint density at radius 3 is 3.09 bits per heavy atom. The Morgan fingerprint density at radius 2 is 2.32 bits per heavy atom. The van der Waals surface area contributed by atoms with Gasteiger partial charge in [0.05, 0.1) is 0 Å². The number of thiazole rings is 1. The van der Waals surface area contributed by atoms with Crippen LogP contribution in [0.3, 0.4) is 0 Å². The largest absolute Gasteiger partial charge is 0.350 e. The Morgan fingerprint density at radius 1 is 1.36 bits per heavy atom. The standard InChI is InChI=1S/C16H16N4OS/c21-15(18-10-12-6-2-1-3-7-12)13-11-22-16(19-13)20-14-8-4-5-9-17-14/h1-6,8-9,11-12H,7,10H2,(H,18,21)(H,17,19,20). The molecule has 1 atom stereocenters. The molecule has 2 N–H and O–H groups in total. The first-order valence-corrected chi connectivity index (χ1v) is 7.94. The lowest BCUT2D eigenvalue weighted by atomic mass is 10.0. The van der Waals surface area contributed by atoms with Gasteiger partial charge in [0, 0.05) is 18.1 Å². The van der Waals surface area contributed by atoms with Crippen molar-refractivity contribution in [2.75, 3.05) is 11.9 Å². The van der Waals surface area contributed by atoms with Crippen LogP contribution >= 0.6 is 11.3 Å². The Labute approximate surface area is 132 Å². The highest BCUT2D eigenvalue weighted by molar-refractivity contribution is 7.14. The van der Waals surface area contributed by atoms with Crippen molar-refractivity contribution in [2.24, 2.45) is 5.92 Å². The summed E-state index contributed by atoms with van der Waals surface area (Å²) in [5.74, 6) is 0.926. The lowest BCUT2D eigenvalue weighted by Crippen LogP contribution is -2.29. The number of amides is 1. The van der Waals surface area contributed by atoms with E-state index in [2.05, 4.69) is 32.8 Å². The maximum Gasteiger partial charge on any atom is 0.270 e. The molecule has 22 heavy (non-hydrogen) atoms. The summed E-state index contributed by atoms with van der Waals surface area (Å²) in [6, 6.07) is 5.59. The first-order chi connectivity index (χ1) is 10.8. The predicted molar refractivity (Wildman–Crippen MR) is 88.4 cm³/mol. The minimum Gasteiger partial charge on any atom is -0.350 e. The van der Waals surface area contributed by atoms with E-state index in [-0.39, 0.29) is 5.91 Å². The summed E-state index contributed by atoms with van der Waals surface area (Å²) in [4.78, 5) is 20.6. The number of allylic oxidation sites excluding steroid dienone is 3. The van der Waals surface area contributed by atoms with Crippen LogP contribution in [0.2, 0.25) is 0 Å². The third-order valence-electron chi connectivity index (χ3n) is 3.23. The fraction of sp³-hybridized carbons (Fsp3) is 0.188. The number of pyridine rings is 1. The molecule has 1 amide bonds. The first-order valence-electron chi connectivity index (χ1n) is 7.06. The normalized spacial score (nSPS) is 16.5. The Kier molecular flexibility index (Phi) is 4.60. The zero-order valence-corrected chi connectivity index (χ0v) is 12.7. The van der Waals surface area contributed by atoms with Crippen LogP contribution in [0.25, 0.3) is 0 Å². The van der Waals surface area contributed by atoms with Crippen LogP contribution in [0.1, 0.15) is 16.9 Å². The maximum absolute atomic E-state index is 12.1. The summed E-state index contributed by atoms with van der Waals surface area (Å²) < 4.78 is 0. The van der Waals surface area contributed by atoms with E-state index in [9.17, 15) is 4.79 Å². The van der Waals surface area contributed by atoms with Crippen LogP contribution < -0.4 is 10.6 Å². The summed E-state index contributed by atoms with van der Waals surface area (Å²) >= 11 is 1.39. The zero-order valence-electron chi connectivity index (χ0n) is 11.9. The monoisotopic (exact) mass is 312 g/mol.